The highest BCUT2D eigenvalue weighted by atomic mass is 16.6. The lowest BCUT2D eigenvalue weighted by Crippen LogP contribution is -2.63. The number of aliphatic hydroxyl groups excluding tert-OH is 1. The first-order valence-electron chi connectivity index (χ1n) is 11.3. The van der Waals surface area contributed by atoms with Crippen LogP contribution >= 0.6 is 0 Å². The number of aliphatic hydroxyl groups is 1. The molecular formula is C24H30O5. The minimum atomic E-state index is -0.457. The van der Waals surface area contributed by atoms with Gasteiger partial charge in [-0.2, -0.15) is 0 Å². The summed E-state index contributed by atoms with van der Waals surface area (Å²) in [4.78, 5) is 23.6. The fourth-order valence-electron chi connectivity index (χ4n) is 8.51. The Labute approximate surface area is 170 Å². The maximum atomic E-state index is 12.1. The minimum Gasteiger partial charge on any atom is -0.431 e. The van der Waals surface area contributed by atoms with Gasteiger partial charge >= 0.3 is 5.63 Å². The van der Waals surface area contributed by atoms with Crippen LogP contribution in [-0.2, 0) is 9.53 Å². The Morgan fingerprint density at radius 2 is 1.93 bits per heavy atom. The van der Waals surface area contributed by atoms with Gasteiger partial charge in [0, 0.05) is 30.2 Å². The number of carbonyl (C=O) groups excluding carboxylic acids is 1. The molecule has 4 saturated carbocycles. The van der Waals surface area contributed by atoms with Crippen LogP contribution in [0.2, 0.25) is 0 Å². The normalized spacial score (nSPS) is 52.9. The maximum Gasteiger partial charge on any atom is 0.335 e. The fraction of sp³-hybridized carbons (Fsp3) is 0.750. The lowest BCUT2D eigenvalue weighted by Gasteiger charge is -2.61. The Morgan fingerprint density at radius 1 is 1.10 bits per heavy atom. The highest BCUT2D eigenvalue weighted by Crippen LogP contribution is 2.77. The van der Waals surface area contributed by atoms with Crippen molar-refractivity contribution in [2.24, 2.45) is 28.6 Å². The average Bonchev–Trinajstić information content (AvgIpc) is 3.35. The molecule has 0 bridgehead atoms. The Morgan fingerprint density at radius 3 is 2.69 bits per heavy atom. The topological polar surface area (TPSA) is 80.0 Å². The Hall–Kier alpha value is -1.46. The van der Waals surface area contributed by atoms with E-state index in [-0.39, 0.29) is 34.1 Å². The lowest BCUT2D eigenvalue weighted by molar-refractivity contribution is -0.177. The zero-order valence-electron chi connectivity index (χ0n) is 17.2. The van der Waals surface area contributed by atoms with Crippen LogP contribution in [0.4, 0.5) is 0 Å². The predicted molar refractivity (Wildman–Crippen MR) is 105 cm³/mol. The Kier molecular flexibility index (Phi) is 3.55. The van der Waals surface area contributed by atoms with Crippen molar-refractivity contribution < 1.29 is 19.1 Å². The fourth-order valence-corrected chi connectivity index (χ4v) is 8.51. The molecule has 9 atom stereocenters. The monoisotopic (exact) mass is 398 g/mol. The van der Waals surface area contributed by atoms with E-state index >= 15 is 0 Å². The molecular weight excluding hydrogens is 368 g/mol. The van der Waals surface area contributed by atoms with E-state index in [4.69, 9.17) is 9.15 Å². The zero-order valence-corrected chi connectivity index (χ0v) is 17.2. The molecule has 1 aromatic rings. The van der Waals surface area contributed by atoms with E-state index in [1.165, 1.54) is 6.07 Å². The molecule has 29 heavy (non-hydrogen) atoms. The molecule has 5 fully saturated rings. The third kappa shape index (κ3) is 2.09. The van der Waals surface area contributed by atoms with Gasteiger partial charge in [0.2, 0.25) is 0 Å². The van der Waals surface area contributed by atoms with E-state index in [1.807, 2.05) is 6.07 Å². The quantitative estimate of drug-likeness (QED) is 0.733. The van der Waals surface area contributed by atoms with Gasteiger partial charge in [-0.3, -0.25) is 4.79 Å². The van der Waals surface area contributed by atoms with Crippen LogP contribution < -0.4 is 5.63 Å². The Balaban J connectivity index is 1.40. The van der Waals surface area contributed by atoms with Gasteiger partial charge in [0.25, 0.3) is 0 Å². The molecule has 5 nitrogen and oxygen atoms in total. The van der Waals surface area contributed by atoms with E-state index in [1.54, 1.807) is 6.26 Å². The van der Waals surface area contributed by atoms with Crippen LogP contribution in [0.15, 0.2) is 27.6 Å². The molecule has 5 aliphatic rings. The summed E-state index contributed by atoms with van der Waals surface area (Å²) in [7, 11) is 0. The summed E-state index contributed by atoms with van der Waals surface area (Å²) in [6.45, 7) is 4.58. The molecule has 1 spiro atoms. The largest absolute Gasteiger partial charge is 0.431 e. The van der Waals surface area contributed by atoms with E-state index in [0.29, 0.717) is 30.0 Å². The summed E-state index contributed by atoms with van der Waals surface area (Å²) in [5.74, 6) is 1.86. The van der Waals surface area contributed by atoms with Crippen LogP contribution in [0.5, 0.6) is 0 Å². The summed E-state index contributed by atoms with van der Waals surface area (Å²) >= 11 is 0. The second-order valence-corrected chi connectivity index (χ2v) is 10.8. The molecule has 0 amide bonds. The molecule has 156 valence electrons. The highest BCUT2D eigenvalue weighted by molar-refractivity contribution is 5.79. The van der Waals surface area contributed by atoms with Crippen LogP contribution in [0.25, 0.3) is 0 Å². The average molecular weight is 398 g/mol. The van der Waals surface area contributed by atoms with Gasteiger partial charge in [-0.05, 0) is 66.9 Å². The van der Waals surface area contributed by atoms with Crippen molar-refractivity contribution in [3.63, 3.8) is 0 Å². The van der Waals surface area contributed by atoms with Crippen molar-refractivity contribution in [2.45, 2.75) is 82.5 Å². The first-order valence-corrected chi connectivity index (χ1v) is 11.3. The molecule has 0 radical (unpaired) electrons. The number of Topliss-reactive ketones (excluding diaryl/α,β-unsaturated/α-hetero) is 1. The molecule has 1 N–H and O–H groups in total. The lowest BCUT2D eigenvalue weighted by atomic mass is 9.43. The third-order valence-corrected chi connectivity index (χ3v) is 10.1. The maximum absolute atomic E-state index is 12.1. The Bertz CT molecular complexity index is 917. The second-order valence-electron chi connectivity index (χ2n) is 10.8. The number of ketones is 1. The summed E-state index contributed by atoms with van der Waals surface area (Å²) in [5, 5.41) is 11.6. The molecule has 1 aliphatic heterocycles. The number of carbonyl (C=O) groups is 1. The van der Waals surface area contributed by atoms with E-state index < -0.39 is 6.10 Å². The third-order valence-electron chi connectivity index (χ3n) is 10.1. The SMILES string of the molecule is CC12CCC(=O)CC1CCC1C2CC(O)C2(C)C(c3ccc(=O)oc3)CC3OC312. The molecule has 9 unspecified atom stereocenters. The van der Waals surface area contributed by atoms with Gasteiger partial charge in [-0.15, -0.1) is 0 Å². The summed E-state index contributed by atoms with van der Waals surface area (Å²) in [5.41, 5.74) is 0.151. The van der Waals surface area contributed by atoms with Crippen LogP contribution in [0, 0.1) is 28.6 Å². The first-order chi connectivity index (χ1) is 13.8. The number of rotatable bonds is 1. The number of hydrogen-bond donors (Lipinski definition) is 1. The van der Waals surface area contributed by atoms with Gasteiger partial charge in [-0.1, -0.05) is 13.8 Å². The van der Waals surface area contributed by atoms with Gasteiger partial charge in [0.15, 0.2) is 0 Å². The van der Waals surface area contributed by atoms with Crippen LogP contribution in [0.3, 0.4) is 0 Å². The summed E-state index contributed by atoms with van der Waals surface area (Å²) < 4.78 is 11.7. The van der Waals surface area contributed by atoms with Crippen molar-refractivity contribution in [3.8, 4) is 0 Å². The molecule has 0 aromatic carbocycles. The number of hydrogen-bond acceptors (Lipinski definition) is 5. The van der Waals surface area contributed by atoms with Gasteiger partial charge < -0.3 is 14.3 Å². The number of epoxide rings is 1. The zero-order chi connectivity index (χ0) is 20.2. The highest BCUT2D eigenvalue weighted by Gasteiger charge is 2.82. The second kappa shape index (κ2) is 5.61. The van der Waals surface area contributed by atoms with E-state index in [9.17, 15) is 14.7 Å². The van der Waals surface area contributed by atoms with Crippen molar-refractivity contribution in [3.05, 3.63) is 34.4 Å². The van der Waals surface area contributed by atoms with E-state index in [2.05, 4.69) is 13.8 Å². The molecule has 2 heterocycles. The van der Waals surface area contributed by atoms with Gasteiger partial charge in [-0.25, -0.2) is 4.79 Å². The van der Waals surface area contributed by atoms with Crippen LogP contribution in [-0.4, -0.2) is 28.7 Å². The standard InChI is InChI=1S/C24H30O5/c1-22-8-7-15(25)9-14(22)4-5-16-18(22)10-19(26)23(2)17(11-20-24(16,23)29-20)13-3-6-21(27)28-12-13/h3,6,12,14,16-20,26H,4-5,7-11H2,1-2H3. The predicted octanol–water partition coefficient (Wildman–Crippen LogP) is 3.44. The van der Waals surface area contributed by atoms with Crippen molar-refractivity contribution >= 4 is 5.78 Å². The van der Waals surface area contributed by atoms with Gasteiger partial charge in [0.1, 0.15) is 11.4 Å². The van der Waals surface area contributed by atoms with Crippen molar-refractivity contribution in [1.82, 2.24) is 0 Å². The summed E-state index contributed by atoms with van der Waals surface area (Å²) in [6.07, 6.45) is 7.51. The molecule has 1 aromatic heterocycles. The molecule has 5 heteroatoms. The number of ether oxygens (including phenoxy) is 1. The minimum absolute atomic E-state index is 0.127. The van der Waals surface area contributed by atoms with Crippen molar-refractivity contribution in [1.29, 1.82) is 0 Å². The molecule has 6 rings (SSSR count). The first kappa shape index (κ1) is 18.3. The number of fused-ring (bicyclic) bond motifs is 3. The van der Waals surface area contributed by atoms with E-state index in [0.717, 1.165) is 44.1 Å². The smallest absolute Gasteiger partial charge is 0.335 e. The summed E-state index contributed by atoms with van der Waals surface area (Å²) in [6, 6.07) is 3.35. The van der Waals surface area contributed by atoms with Crippen LogP contribution in [0.1, 0.15) is 70.3 Å². The van der Waals surface area contributed by atoms with Crippen molar-refractivity contribution in [2.75, 3.05) is 0 Å². The molecule has 4 aliphatic carbocycles. The van der Waals surface area contributed by atoms with Gasteiger partial charge in [0.05, 0.1) is 18.5 Å². The molecule has 1 saturated heterocycles.